The zero-order chi connectivity index (χ0) is 17.9. The molecule has 2 rings (SSSR count). The highest BCUT2D eigenvalue weighted by Crippen LogP contribution is 2.13. The summed E-state index contributed by atoms with van der Waals surface area (Å²) in [5.41, 5.74) is 0. The quantitative estimate of drug-likeness (QED) is 0.354. The number of likely N-dealkylation sites (tertiary alicyclic amines) is 1. The van der Waals surface area contributed by atoms with Gasteiger partial charge in [0.15, 0.2) is 5.96 Å². The molecule has 1 aromatic rings. The number of aliphatic hydroxyl groups is 1. The molecule has 7 heteroatoms. The Morgan fingerprint density at radius 1 is 1.48 bits per heavy atom. The monoisotopic (exact) mass is 352 g/mol. The molecule has 1 aromatic heterocycles. The Labute approximate surface area is 150 Å². The molecule has 2 heterocycles. The fraction of sp³-hybridized carbons (Fsp3) is 0.722. The molecule has 3 N–H and O–H groups in total. The normalized spacial score (nSPS) is 18.3. The van der Waals surface area contributed by atoms with E-state index in [0.717, 1.165) is 58.0 Å². The molecule has 0 radical (unpaired) electrons. The smallest absolute Gasteiger partial charge is 0.191 e. The minimum atomic E-state index is -0.715. The van der Waals surface area contributed by atoms with E-state index in [1.165, 1.54) is 0 Å². The third-order valence-electron chi connectivity index (χ3n) is 4.39. The number of aliphatic hydroxyl groups excluding tert-OH is 1. The molecule has 0 saturated carbocycles. The second-order valence-electron chi connectivity index (χ2n) is 6.36. The summed E-state index contributed by atoms with van der Waals surface area (Å²) in [5.74, 6) is 1.30. The second kappa shape index (κ2) is 11.1. The molecule has 1 saturated heterocycles. The molecular formula is C18H32N4O3. The maximum Gasteiger partial charge on any atom is 0.191 e. The van der Waals surface area contributed by atoms with E-state index < -0.39 is 6.10 Å². The molecule has 25 heavy (non-hydrogen) atoms. The number of piperidine rings is 1. The summed E-state index contributed by atoms with van der Waals surface area (Å²) >= 11 is 0. The topological polar surface area (TPSA) is 82.3 Å². The van der Waals surface area contributed by atoms with Crippen LogP contribution in [0.5, 0.6) is 0 Å². The first kappa shape index (κ1) is 19.8. The second-order valence-corrected chi connectivity index (χ2v) is 6.36. The fourth-order valence-electron chi connectivity index (χ4n) is 3.00. The van der Waals surface area contributed by atoms with E-state index in [-0.39, 0.29) is 6.54 Å². The first-order valence-electron chi connectivity index (χ1n) is 9.20. The lowest BCUT2D eigenvalue weighted by Gasteiger charge is -2.33. The van der Waals surface area contributed by atoms with Gasteiger partial charge < -0.3 is 29.8 Å². The van der Waals surface area contributed by atoms with Crippen molar-refractivity contribution in [2.24, 2.45) is 4.99 Å². The van der Waals surface area contributed by atoms with Crippen LogP contribution in [-0.2, 0) is 4.74 Å². The number of methoxy groups -OCH3 is 1. The molecule has 0 aliphatic carbocycles. The molecule has 0 spiro atoms. The van der Waals surface area contributed by atoms with E-state index in [2.05, 4.69) is 20.5 Å². The van der Waals surface area contributed by atoms with Gasteiger partial charge in [-0.2, -0.15) is 0 Å². The molecule has 142 valence electrons. The van der Waals surface area contributed by atoms with E-state index in [9.17, 15) is 5.11 Å². The van der Waals surface area contributed by atoms with Crippen molar-refractivity contribution in [1.29, 1.82) is 0 Å². The zero-order valence-electron chi connectivity index (χ0n) is 15.4. The van der Waals surface area contributed by atoms with Crippen LogP contribution in [0.15, 0.2) is 27.8 Å². The zero-order valence-corrected chi connectivity index (χ0v) is 15.4. The van der Waals surface area contributed by atoms with E-state index >= 15 is 0 Å². The predicted octanol–water partition coefficient (Wildman–Crippen LogP) is 1.37. The first-order valence-corrected chi connectivity index (χ1v) is 9.20. The summed E-state index contributed by atoms with van der Waals surface area (Å²) in [6.45, 7) is 7.22. The lowest BCUT2D eigenvalue weighted by Crippen LogP contribution is -2.49. The van der Waals surface area contributed by atoms with Gasteiger partial charge in [-0.25, -0.2) is 0 Å². The van der Waals surface area contributed by atoms with Crippen molar-refractivity contribution in [2.45, 2.75) is 38.3 Å². The first-order chi connectivity index (χ1) is 12.2. The van der Waals surface area contributed by atoms with Crippen molar-refractivity contribution in [2.75, 3.05) is 46.4 Å². The number of aliphatic imine (C=N–C) groups is 1. The van der Waals surface area contributed by atoms with Gasteiger partial charge in [-0.1, -0.05) is 0 Å². The Balaban J connectivity index is 1.76. The van der Waals surface area contributed by atoms with E-state index in [0.29, 0.717) is 11.8 Å². The van der Waals surface area contributed by atoms with Crippen LogP contribution in [0.1, 0.15) is 38.1 Å². The minimum Gasteiger partial charge on any atom is -0.467 e. The van der Waals surface area contributed by atoms with Gasteiger partial charge in [-0.15, -0.1) is 0 Å². The van der Waals surface area contributed by atoms with Gasteiger partial charge in [0, 0.05) is 45.9 Å². The molecule has 0 amide bonds. The summed E-state index contributed by atoms with van der Waals surface area (Å²) in [6.07, 6.45) is 4.12. The van der Waals surface area contributed by atoms with Gasteiger partial charge in [0.1, 0.15) is 11.9 Å². The number of hydrogen-bond donors (Lipinski definition) is 3. The molecule has 1 atom stereocenters. The van der Waals surface area contributed by atoms with E-state index in [4.69, 9.17) is 9.15 Å². The summed E-state index contributed by atoms with van der Waals surface area (Å²) < 4.78 is 10.3. The van der Waals surface area contributed by atoms with Gasteiger partial charge in [-0.3, -0.25) is 4.99 Å². The Hall–Kier alpha value is -1.57. The number of ether oxygens (including phenoxy) is 1. The molecule has 0 aromatic carbocycles. The highest BCUT2D eigenvalue weighted by Gasteiger charge is 2.20. The largest absolute Gasteiger partial charge is 0.467 e. The fourth-order valence-corrected chi connectivity index (χ4v) is 3.00. The molecule has 1 unspecified atom stereocenters. The highest BCUT2D eigenvalue weighted by molar-refractivity contribution is 5.80. The molecular weight excluding hydrogens is 320 g/mol. The van der Waals surface area contributed by atoms with Crippen LogP contribution < -0.4 is 10.6 Å². The number of nitrogens with zero attached hydrogens (tertiary/aromatic N) is 2. The van der Waals surface area contributed by atoms with E-state index in [1.54, 1.807) is 25.5 Å². The standard InChI is InChI=1S/C18H32N4O3/c1-3-19-18(20-14-16(23)17-6-4-13-25-17)21-15-7-10-22(11-8-15)9-5-12-24-2/h4,6,13,15-16,23H,3,5,7-12,14H2,1-2H3,(H2,19,20,21). The van der Waals surface area contributed by atoms with Gasteiger partial charge in [0.05, 0.1) is 12.8 Å². The van der Waals surface area contributed by atoms with Gasteiger partial charge in [0.25, 0.3) is 0 Å². The van der Waals surface area contributed by atoms with Gasteiger partial charge in [0.2, 0.25) is 0 Å². The van der Waals surface area contributed by atoms with Crippen LogP contribution in [0.3, 0.4) is 0 Å². The SMILES string of the molecule is CCNC(=NCC(O)c1ccco1)NC1CCN(CCCOC)CC1. The van der Waals surface area contributed by atoms with Crippen molar-refractivity contribution < 1.29 is 14.3 Å². The predicted molar refractivity (Wildman–Crippen MR) is 98.7 cm³/mol. The molecule has 1 aliphatic rings. The number of rotatable bonds is 9. The van der Waals surface area contributed by atoms with Crippen LogP contribution >= 0.6 is 0 Å². The summed E-state index contributed by atoms with van der Waals surface area (Å²) in [4.78, 5) is 6.99. The van der Waals surface area contributed by atoms with Gasteiger partial charge >= 0.3 is 0 Å². The lowest BCUT2D eigenvalue weighted by atomic mass is 10.1. The van der Waals surface area contributed by atoms with E-state index in [1.807, 2.05) is 6.92 Å². The summed E-state index contributed by atoms with van der Waals surface area (Å²) in [5, 5.41) is 16.8. The van der Waals surface area contributed by atoms with Crippen LogP contribution in [0.25, 0.3) is 0 Å². The van der Waals surface area contributed by atoms with Crippen LogP contribution in [0.4, 0.5) is 0 Å². The highest BCUT2D eigenvalue weighted by atomic mass is 16.5. The van der Waals surface area contributed by atoms with Crippen LogP contribution in [-0.4, -0.2) is 68.4 Å². The van der Waals surface area contributed by atoms with Crippen molar-refractivity contribution >= 4 is 5.96 Å². The Morgan fingerprint density at radius 2 is 2.28 bits per heavy atom. The van der Waals surface area contributed by atoms with Crippen molar-refractivity contribution in [3.8, 4) is 0 Å². The van der Waals surface area contributed by atoms with Crippen molar-refractivity contribution in [1.82, 2.24) is 15.5 Å². The Bertz CT molecular complexity index is 485. The number of guanidine groups is 1. The van der Waals surface area contributed by atoms with Gasteiger partial charge in [-0.05, 0) is 38.3 Å². The third kappa shape index (κ3) is 7.05. The maximum atomic E-state index is 10.1. The number of nitrogens with one attached hydrogen (secondary N) is 2. The Morgan fingerprint density at radius 3 is 2.92 bits per heavy atom. The third-order valence-corrected chi connectivity index (χ3v) is 4.39. The summed E-state index contributed by atoms with van der Waals surface area (Å²) in [7, 11) is 1.75. The molecule has 7 nitrogen and oxygen atoms in total. The maximum absolute atomic E-state index is 10.1. The van der Waals surface area contributed by atoms with Crippen LogP contribution in [0.2, 0.25) is 0 Å². The van der Waals surface area contributed by atoms with Crippen molar-refractivity contribution in [3.63, 3.8) is 0 Å². The minimum absolute atomic E-state index is 0.276. The average Bonchev–Trinajstić information content (AvgIpc) is 3.16. The van der Waals surface area contributed by atoms with Crippen LogP contribution in [0, 0.1) is 0 Å². The Kier molecular flexibility index (Phi) is 8.79. The molecule has 1 fully saturated rings. The van der Waals surface area contributed by atoms with Crippen molar-refractivity contribution in [3.05, 3.63) is 24.2 Å². The molecule has 1 aliphatic heterocycles. The average molecular weight is 352 g/mol. The number of hydrogen-bond acceptors (Lipinski definition) is 5. The lowest BCUT2D eigenvalue weighted by molar-refractivity contribution is 0.154. The number of furan rings is 1. The summed E-state index contributed by atoms with van der Waals surface area (Å²) in [6, 6.07) is 3.95. The molecule has 0 bridgehead atoms.